The Balaban J connectivity index is 2.70. The van der Waals surface area contributed by atoms with Crippen LogP contribution in [0.1, 0.15) is 39.8 Å². The molecule has 16 heavy (non-hydrogen) atoms. The fraction of sp³-hybridized carbons (Fsp3) is 0.500. The van der Waals surface area contributed by atoms with Gasteiger partial charge in [-0.1, -0.05) is 20.8 Å². The molecule has 0 atom stereocenters. The van der Waals surface area contributed by atoms with Crippen LogP contribution in [0.4, 0.5) is 0 Å². The first-order valence-electron chi connectivity index (χ1n) is 6.05. The van der Waals surface area contributed by atoms with Gasteiger partial charge in [0.25, 0.3) is 0 Å². The molecular weight excluding hydrogens is 196 g/mol. The van der Waals surface area contributed by atoms with Gasteiger partial charge in [-0.05, 0) is 31.5 Å². The maximum absolute atomic E-state index is 4.48. The zero-order valence-corrected chi connectivity index (χ0v) is 10.6. The fourth-order valence-electron chi connectivity index (χ4n) is 2.15. The molecule has 2 nitrogen and oxygen atoms in total. The lowest BCUT2D eigenvalue weighted by Gasteiger charge is -2.24. The monoisotopic (exact) mass is 216 g/mol. The summed E-state index contributed by atoms with van der Waals surface area (Å²) in [4.78, 5) is 4.48. The average Bonchev–Trinajstić information content (AvgIpc) is 2.68. The van der Waals surface area contributed by atoms with E-state index in [1.165, 1.54) is 11.1 Å². The Bertz CT molecular complexity index is 494. The van der Waals surface area contributed by atoms with Crippen molar-refractivity contribution >= 4 is 11.0 Å². The van der Waals surface area contributed by atoms with Gasteiger partial charge in [0.05, 0.1) is 0 Å². The van der Waals surface area contributed by atoms with Crippen LogP contribution in [0.2, 0.25) is 0 Å². The lowest BCUT2D eigenvalue weighted by atomic mass is 9.86. The summed E-state index contributed by atoms with van der Waals surface area (Å²) in [6.07, 6.45) is 3.01. The van der Waals surface area contributed by atoms with E-state index >= 15 is 0 Å². The second-order valence-electron chi connectivity index (χ2n) is 4.93. The Kier molecular flexibility index (Phi) is 2.75. The van der Waals surface area contributed by atoms with E-state index in [1.54, 1.807) is 0 Å². The van der Waals surface area contributed by atoms with Crippen LogP contribution in [0.3, 0.4) is 0 Å². The summed E-state index contributed by atoms with van der Waals surface area (Å²) in [7, 11) is 0. The van der Waals surface area contributed by atoms with Gasteiger partial charge in [-0.25, -0.2) is 4.98 Å². The van der Waals surface area contributed by atoms with E-state index in [1.807, 2.05) is 12.3 Å². The normalized spacial score (nSPS) is 12.2. The maximum Gasteiger partial charge on any atom is 0.140 e. The SMILES string of the molecule is CCn1c(C(C)(C)CC)cc2cccnc21. The zero-order chi connectivity index (χ0) is 11.8. The maximum atomic E-state index is 4.48. The third-order valence-electron chi connectivity index (χ3n) is 3.55. The summed E-state index contributed by atoms with van der Waals surface area (Å²) in [5.41, 5.74) is 2.73. The first-order valence-corrected chi connectivity index (χ1v) is 6.05. The Hall–Kier alpha value is -1.31. The van der Waals surface area contributed by atoms with Gasteiger partial charge >= 0.3 is 0 Å². The predicted octanol–water partition coefficient (Wildman–Crippen LogP) is 3.74. The summed E-state index contributed by atoms with van der Waals surface area (Å²) < 4.78 is 2.33. The highest BCUT2D eigenvalue weighted by atomic mass is 15.0. The molecule has 0 bridgehead atoms. The van der Waals surface area contributed by atoms with Gasteiger partial charge in [0.2, 0.25) is 0 Å². The molecule has 2 rings (SSSR count). The minimum absolute atomic E-state index is 0.219. The number of fused-ring (bicyclic) bond motifs is 1. The molecule has 2 aromatic heterocycles. The number of hydrogen-bond donors (Lipinski definition) is 0. The van der Waals surface area contributed by atoms with E-state index in [0.29, 0.717) is 0 Å². The van der Waals surface area contributed by atoms with Crippen molar-refractivity contribution in [1.82, 2.24) is 9.55 Å². The van der Waals surface area contributed by atoms with Crippen LogP contribution in [0, 0.1) is 0 Å². The predicted molar refractivity (Wildman–Crippen MR) is 68.7 cm³/mol. The number of aryl methyl sites for hydroxylation is 1. The van der Waals surface area contributed by atoms with E-state index in [-0.39, 0.29) is 5.41 Å². The Morgan fingerprint density at radius 1 is 1.31 bits per heavy atom. The second kappa shape index (κ2) is 3.93. The minimum atomic E-state index is 0.219. The molecule has 0 radical (unpaired) electrons. The van der Waals surface area contributed by atoms with Crippen LogP contribution in [-0.2, 0) is 12.0 Å². The van der Waals surface area contributed by atoms with Crippen molar-refractivity contribution in [3.05, 3.63) is 30.1 Å². The van der Waals surface area contributed by atoms with Gasteiger partial charge in [-0.2, -0.15) is 0 Å². The molecular formula is C14H20N2. The summed E-state index contributed by atoms with van der Waals surface area (Å²) in [5.74, 6) is 0. The summed E-state index contributed by atoms with van der Waals surface area (Å²) in [6.45, 7) is 10.0. The number of hydrogen-bond acceptors (Lipinski definition) is 1. The third kappa shape index (κ3) is 1.62. The molecule has 2 heteroatoms. The molecule has 0 aliphatic carbocycles. The van der Waals surface area contributed by atoms with E-state index in [0.717, 1.165) is 18.6 Å². The van der Waals surface area contributed by atoms with Crippen LogP contribution >= 0.6 is 0 Å². The van der Waals surface area contributed by atoms with Gasteiger partial charge in [0.15, 0.2) is 0 Å². The molecule has 0 aliphatic heterocycles. The van der Waals surface area contributed by atoms with E-state index < -0.39 is 0 Å². The van der Waals surface area contributed by atoms with Gasteiger partial charge < -0.3 is 4.57 Å². The highest BCUT2D eigenvalue weighted by molar-refractivity contribution is 5.77. The highest BCUT2D eigenvalue weighted by Gasteiger charge is 2.23. The molecule has 0 fully saturated rings. The molecule has 0 aromatic carbocycles. The van der Waals surface area contributed by atoms with Crippen molar-refractivity contribution in [3.8, 4) is 0 Å². The Morgan fingerprint density at radius 2 is 2.06 bits per heavy atom. The zero-order valence-electron chi connectivity index (χ0n) is 10.6. The molecule has 86 valence electrons. The van der Waals surface area contributed by atoms with Gasteiger partial charge in [0.1, 0.15) is 5.65 Å². The van der Waals surface area contributed by atoms with Crippen molar-refractivity contribution in [2.45, 2.75) is 46.1 Å². The number of aromatic nitrogens is 2. The van der Waals surface area contributed by atoms with Crippen LogP contribution in [0.25, 0.3) is 11.0 Å². The fourth-order valence-corrected chi connectivity index (χ4v) is 2.15. The molecule has 0 amide bonds. The average molecular weight is 216 g/mol. The van der Waals surface area contributed by atoms with Crippen molar-refractivity contribution in [2.75, 3.05) is 0 Å². The Labute approximate surface area is 97.3 Å². The van der Waals surface area contributed by atoms with Crippen LogP contribution in [-0.4, -0.2) is 9.55 Å². The standard InChI is InChI=1S/C14H20N2/c1-5-14(3,4)12-10-11-8-7-9-15-13(11)16(12)6-2/h7-10H,5-6H2,1-4H3. The second-order valence-corrected chi connectivity index (χ2v) is 4.93. The molecule has 2 aromatic rings. The number of rotatable bonds is 3. The smallest absolute Gasteiger partial charge is 0.140 e. The van der Waals surface area contributed by atoms with Crippen molar-refractivity contribution < 1.29 is 0 Å². The highest BCUT2D eigenvalue weighted by Crippen LogP contribution is 2.31. The number of pyridine rings is 1. The lowest BCUT2D eigenvalue weighted by molar-refractivity contribution is 0.466. The molecule has 0 saturated carbocycles. The largest absolute Gasteiger partial charge is 0.329 e. The minimum Gasteiger partial charge on any atom is -0.329 e. The van der Waals surface area contributed by atoms with Crippen LogP contribution < -0.4 is 0 Å². The van der Waals surface area contributed by atoms with Crippen molar-refractivity contribution in [2.24, 2.45) is 0 Å². The first kappa shape index (κ1) is 11.2. The van der Waals surface area contributed by atoms with Gasteiger partial charge in [-0.3, -0.25) is 0 Å². The van der Waals surface area contributed by atoms with E-state index in [2.05, 4.69) is 49.4 Å². The van der Waals surface area contributed by atoms with Crippen molar-refractivity contribution in [3.63, 3.8) is 0 Å². The Morgan fingerprint density at radius 3 is 2.69 bits per heavy atom. The van der Waals surface area contributed by atoms with Crippen LogP contribution in [0.5, 0.6) is 0 Å². The molecule has 0 unspecified atom stereocenters. The molecule has 2 heterocycles. The summed E-state index contributed by atoms with van der Waals surface area (Å²) in [6, 6.07) is 6.43. The van der Waals surface area contributed by atoms with E-state index in [4.69, 9.17) is 0 Å². The summed E-state index contributed by atoms with van der Waals surface area (Å²) in [5, 5.41) is 1.25. The van der Waals surface area contributed by atoms with Gasteiger partial charge in [-0.15, -0.1) is 0 Å². The van der Waals surface area contributed by atoms with Gasteiger partial charge in [0, 0.05) is 29.2 Å². The first-order chi connectivity index (χ1) is 7.60. The van der Waals surface area contributed by atoms with Crippen LogP contribution in [0.15, 0.2) is 24.4 Å². The molecule has 0 N–H and O–H groups in total. The topological polar surface area (TPSA) is 17.8 Å². The quantitative estimate of drug-likeness (QED) is 0.764. The number of nitrogens with zero attached hydrogens (tertiary/aromatic N) is 2. The lowest BCUT2D eigenvalue weighted by Crippen LogP contribution is -2.20. The molecule has 0 spiro atoms. The van der Waals surface area contributed by atoms with Crippen molar-refractivity contribution in [1.29, 1.82) is 0 Å². The third-order valence-corrected chi connectivity index (χ3v) is 3.55. The summed E-state index contributed by atoms with van der Waals surface area (Å²) >= 11 is 0. The molecule has 0 saturated heterocycles. The molecule has 0 aliphatic rings. The van der Waals surface area contributed by atoms with E-state index in [9.17, 15) is 0 Å².